The van der Waals surface area contributed by atoms with Crippen molar-refractivity contribution >= 4 is 17.6 Å². The fourth-order valence-corrected chi connectivity index (χ4v) is 3.02. The van der Waals surface area contributed by atoms with Crippen LogP contribution < -0.4 is 5.69 Å². The number of carbonyl (C=O) groups is 1. The molecule has 11 heteroatoms. The van der Waals surface area contributed by atoms with Gasteiger partial charge in [0.05, 0.1) is 22.8 Å². The maximum Gasteiger partial charge on any atom is 0.417 e. The first-order chi connectivity index (χ1) is 11.7. The van der Waals surface area contributed by atoms with Gasteiger partial charge < -0.3 is 5.11 Å². The van der Waals surface area contributed by atoms with Gasteiger partial charge in [-0.25, -0.2) is 14.3 Å². The van der Waals surface area contributed by atoms with Crippen molar-refractivity contribution in [3.63, 3.8) is 0 Å². The summed E-state index contributed by atoms with van der Waals surface area (Å²) in [5, 5.41) is 12.7. The van der Waals surface area contributed by atoms with E-state index in [0.29, 0.717) is 25.1 Å². The topological polar surface area (TPSA) is 90.0 Å². The molecule has 1 atom stereocenters. The highest BCUT2D eigenvalue weighted by molar-refractivity contribution is 6.31. The highest BCUT2D eigenvalue weighted by Gasteiger charge is 2.34. The van der Waals surface area contributed by atoms with Gasteiger partial charge in [-0.05, 0) is 18.9 Å². The number of fused-ring (bicyclic) bond motifs is 1. The number of aliphatic carboxylic acids is 1. The second kappa shape index (κ2) is 6.17. The van der Waals surface area contributed by atoms with Crippen LogP contribution in [-0.4, -0.2) is 30.4 Å². The summed E-state index contributed by atoms with van der Waals surface area (Å²) < 4.78 is 40.7. The zero-order valence-electron chi connectivity index (χ0n) is 12.6. The number of hydrogen-bond donors (Lipinski definition) is 1. The molecule has 3 heterocycles. The standard InChI is InChI=1S/C14H12ClF3N4O3/c15-9-5-19-7(4-8(9)14(16,17)18)6-21-13(25)22-10(12(23)24)2-1-3-11(22)20-21/h4-5,10H,1-3,6H2,(H,23,24). The Morgan fingerprint density at radius 1 is 1.44 bits per heavy atom. The van der Waals surface area contributed by atoms with E-state index in [1.54, 1.807) is 0 Å². The summed E-state index contributed by atoms with van der Waals surface area (Å²) >= 11 is 5.52. The van der Waals surface area contributed by atoms with Gasteiger partial charge in [0.25, 0.3) is 0 Å². The lowest BCUT2D eigenvalue weighted by Crippen LogP contribution is -2.34. The average Bonchev–Trinajstić information content (AvgIpc) is 2.84. The Morgan fingerprint density at radius 3 is 2.80 bits per heavy atom. The molecule has 1 aliphatic heterocycles. The van der Waals surface area contributed by atoms with E-state index in [1.807, 2.05) is 0 Å². The van der Waals surface area contributed by atoms with Crippen LogP contribution in [0.2, 0.25) is 5.02 Å². The number of halogens is 4. The summed E-state index contributed by atoms with van der Waals surface area (Å²) in [5.41, 5.74) is -1.80. The van der Waals surface area contributed by atoms with Crippen molar-refractivity contribution in [3.8, 4) is 0 Å². The van der Waals surface area contributed by atoms with E-state index in [0.717, 1.165) is 21.5 Å². The number of carboxylic acid groups (broad SMARTS) is 1. The van der Waals surface area contributed by atoms with Gasteiger partial charge in [0.15, 0.2) is 0 Å². The van der Waals surface area contributed by atoms with Crippen LogP contribution in [0.25, 0.3) is 0 Å². The Hall–Kier alpha value is -2.36. The lowest BCUT2D eigenvalue weighted by Gasteiger charge is -2.19. The van der Waals surface area contributed by atoms with Crippen molar-refractivity contribution in [2.75, 3.05) is 0 Å². The fourth-order valence-electron chi connectivity index (χ4n) is 2.81. The summed E-state index contributed by atoms with van der Waals surface area (Å²) in [6.45, 7) is -0.314. The van der Waals surface area contributed by atoms with Crippen molar-refractivity contribution in [2.24, 2.45) is 0 Å². The molecule has 7 nitrogen and oxygen atoms in total. The van der Waals surface area contributed by atoms with Crippen molar-refractivity contribution in [1.82, 2.24) is 19.3 Å². The van der Waals surface area contributed by atoms with E-state index in [4.69, 9.17) is 11.6 Å². The first kappa shape index (κ1) is 17.5. The van der Waals surface area contributed by atoms with E-state index in [-0.39, 0.29) is 12.2 Å². The maximum absolute atomic E-state index is 12.9. The second-order valence-corrected chi connectivity index (χ2v) is 6.03. The Balaban J connectivity index is 1.98. The molecular formula is C14H12ClF3N4O3. The molecule has 0 amide bonds. The lowest BCUT2D eigenvalue weighted by molar-refractivity contribution is -0.141. The van der Waals surface area contributed by atoms with Crippen LogP contribution >= 0.6 is 11.6 Å². The quantitative estimate of drug-likeness (QED) is 0.886. The summed E-state index contributed by atoms with van der Waals surface area (Å²) in [4.78, 5) is 27.5. The molecule has 134 valence electrons. The van der Waals surface area contributed by atoms with E-state index in [1.165, 1.54) is 0 Å². The third-order valence-electron chi connectivity index (χ3n) is 3.94. The number of pyridine rings is 1. The molecule has 1 aliphatic rings. The van der Waals surface area contributed by atoms with Crippen molar-refractivity contribution in [3.05, 3.63) is 44.9 Å². The smallest absolute Gasteiger partial charge is 0.417 e. The number of alkyl halides is 3. The molecule has 0 radical (unpaired) electrons. The van der Waals surface area contributed by atoms with Crippen LogP contribution in [0.4, 0.5) is 13.2 Å². The van der Waals surface area contributed by atoms with Gasteiger partial charge in [0, 0.05) is 12.6 Å². The number of aromatic nitrogens is 4. The average molecular weight is 377 g/mol. The summed E-state index contributed by atoms with van der Waals surface area (Å²) in [6.07, 6.45) is -2.51. The Labute approximate surface area is 143 Å². The molecule has 0 aliphatic carbocycles. The van der Waals surface area contributed by atoms with Gasteiger partial charge in [0.2, 0.25) is 0 Å². The number of carboxylic acids is 1. The minimum absolute atomic E-state index is 0.0545. The molecule has 0 saturated heterocycles. The van der Waals surface area contributed by atoms with Crippen LogP contribution in [0.1, 0.15) is 36.0 Å². The molecule has 0 saturated carbocycles. The van der Waals surface area contributed by atoms with Crippen LogP contribution in [0.15, 0.2) is 17.1 Å². The highest BCUT2D eigenvalue weighted by Crippen LogP contribution is 2.34. The SMILES string of the molecule is O=C(O)C1CCCc2nn(Cc3cc(C(F)(F)F)c(Cl)cn3)c(=O)n21. The predicted octanol–water partition coefficient (Wildman–Crippen LogP) is 2.12. The van der Waals surface area contributed by atoms with Crippen molar-refractivity contribution < 1.29 is 23.1 Å². The normalized spacial score (nSPS) is 17.4. The monoisotopic (exact) mass is 376 g/mol. The molecule has 0 bridgehead atoms. The number of hydrogen-bond acceptors (Lipinski definition) is 4. The molecule has 0 fully saturated rings. The maximum atomic E-state index is 12.9. The van der Waals surface area contributed by atoms with Crippen LogP contribution in [-0.2, 0) is 23.9 Å². The largest absolute Gasteiger partial charge is 0.480 e. The molecule has 1 N–H and O–H groups in total. The summed E-state index contributed by atoms with van der Waals surface area (Å²) in [7, 11) is 0. The molecular weight excluding hydrogens is 365 g/mol. The number of rotatable bonds is 3. The zero-order valence-corrected chi connectivity index (χ0v) is 13.4. The molecule has 0 spiro atoms. The second-order valence-electron chi connectivity index (χ2n) is 5.63. The molecule has 25 heavy (non-hydrogen) atoms. The first-order valence-corrected chi connectivity index (χ1v) is 7.69. The Bertz CT molecular complexity index is 890. The number of nitrogens with zero attached hydrogens (tertiary/aromatic N) is 4. The van der Waals surface area contributed by atoms with E-state index < -0.39 is 34.5 Å². The first-order valence-electron chi connectivity index (χ1n) is 7.31. The fraction of sp³-hybridized carbons (Fsp3) is 0.429. The minimum atomic E-state index is -4.65. The third kappa shape index (κ3) is 3.26. The van der Waals surface area contributed by atoms with Gasteiger partial charge in [-0.15, -0.1) is 0 Å². The van der Waals surface area contributed by atoms with Crippen molar-refractivity contribution in [1.29, 1.82) is 0 Å². The summed E-state index contributed by atoms with van der Waals surface area (Å²) in [6, 6.07) is -0.268. The van der Waals surface area contributed by atoms with E-state index in [2.05, 4.69) is 10.1 Å². The molecule has 2 aromatic rings. The minimum Gasteiger partial charge on any atom is -0.480 e. The Morgan fingerprint density at radius 2 is 2.16 bits per heavy atom. The van der Waals surface area contributed by atoms with Crippen LogP contribution in [0, 0.1) is 0 Å². The van der Waals surface area contributed by atoms with Gasteiger partial charge >= 0.3 is 17.8 Å². The Kier molecular flexibility index (Phi) is 4.31. The van der Waals surface area contributed by atoms with Gasteiger partial charge in [0.1, 0.15) is 11.9 Å². The zero-order chi connectivity index (χ0) is 18.4. The molecule has 3 rings (SSSR count). The number of aryl methyl sites for hydroxylation is 1. The van der Waals surface area contributed by atoms with Gasteiger partial charge in [-0.1, -0.05) is 11.6 Å². The van der Waals surface area contributed by atoms with Gasteiger partial charge in [-0.2, -0.15) is 18.3 Å². The van der Waals surface area contributed by atoms with E-state index >= 15 is 0 Å². The predicted molar refractivity (Wildman–Crippen MR) is 79.4 cm³/mol. The van der Waals surface area contributed by atoms with Crippen molar-refractivity contribution in [2.45, 2.75) is 38.0 Å². The van der Waals surface area contributed by atoms with Crippen LogP contribution in [0.5, 0.6) is 0 Å². The molecule has 2 aromatic heterocycles. The molecule has 1 unspecified atom stereocenters. The highest BCUT2D eigenvalue weighted by atomic mass is 35.5. The van der Waals surface area contributed by atoms with E-state index in [9.17, 15) is 27.9 Å². The van der Waals surface area contributed by atoms with Crippen LogP contribution in [0.3, 0.4) is 0 Å². The van der Waals surface area contributed by atoms with Gasteiger partial charge in [-0.3, -0.25) is 9.55 Å². The third-order valence-corrected chi connectivity index (χ3v) is 4.25. The lowest BCUT2D eigenvalue weighted by atomic mass is 10.1. The summed E-state index contributed by atoms with van der Waals surface area (Å²) in [5.74, 6) is -0.847. The molecule has 0 aromatic carbocycles.